The molecule has 1 aromatic rings. The number of nitrogens with one attached hydrogen (secondary N) is 2. The normalized spacial score (nSPS) is 11.0. The van der Waals surface area contributed by atoms with Crippen LogP contribution in [-0.4, -0.2) is 57.1 Å². The molecule has 0 heterocycles. The summed E-state index contributed by atoms with van der Waals surface area (Å²) >= 11 is 0. The first kappa shape index (κ1) is 17.8. The molecule has 0 aliphatic carbocycles. The molecule has 0 saturated carbocycles. The summed E-state index contributed by atoms with van der Waals surface area (Å²) in [6.45, 7) is 4.25. The second kappa shape index (κ2) is 10.5. The van der Waals surface area contributed by atoms with E-state index in [0.29, 0.717) is 12.6 Å². The van der Waals surface area contributed by atoms with Crippen LogP contribution in [0.2, 0.25) is 0 Å². The van der Waals surface area contributed by atoms with Gasteiger partial charge in [-0.2, -0.15) is 0 Å². The largest absolute Gasteiger partial charge is 0.494 e. The van der Waals surface area contributed by atoms with Crippen molar-refractivity contribution in [2.45, 2.75) is 13.3 Å². The topological polar surface area (TPSA) is 66.0 Å². The Kier molecular flexibility index (Phi) is 8.49. The zero-order chi connectivity index (χ0) is 16.2. The summed E-state index contributed by atoms with van der Waals surface area (Å²) in [5.41, 5.74) is 0. The lowest BCUT2D eigenvalue weighted by Crippen LogP contribution is -2.39. The van der Waals surface area contributed by atoms with Crippen molar-refractivity contribution in [3.05, 3.63) is 30.3 Å². The molecule has 0 atom stereocenters. The number of carbonyl (C=O) groups excluding carboxylic acids is 1. The highest BCUT2D eigenvalue weighted by atomic mass is 16.5. The van der Waals surface area contributed by atoms with Crippen molar-refractivity contribution in [1.29, 1.82) is 0 Å². The number of rotatable bonds is 8. The van der Waals surface area contributed by atoms with Gasteiger partial charge in [0.15, 0.2) is 5.96 Å². The fraction of sp³-hybridized carbons (Fsp3) is 0.500. The van der Waals surface area contributed by atoms with E-state index < -0.39 is 0 Å². The highest BCUT2D eigenvalue weighted by Gasteiger charge is 2.03. The Labute approximate surface area is 132 Å². The predicted molar refractivity (Wildman–Crippen MR) is 89.2 cm³/mol. The summed E-state index contributed by atoms with van der Waals surface area (Å²) in [4.78, 5) is 17.3. The van der Waals surface area contributed by atoms with E-state index in [-0.39, 0.29) is 12.5 Å². The Morgan fingerprint density at radius 3 is 2.59 bits per heavy atom. The summed E-state index contributed by atoms with van der Waals surface area (Å²) in [6.07, 6.45) is 0.848. The van der Waals surface area contributed by atoms with Gasteiger partial charge in [-0.05, 0) is 25.5 Å². The molecule has 0 spiro atoms. The van der Waals surface area contributed by atoms with Gasteiger partial charge in [0, 0.05) is 27.2 Å². The third-order valence-corrected chi connectivity index (χ3v) is 2.84. The number of nitrogens with zero attached hydrogens (tertiary/aromatic N) is 2. The van der Waals surface area contributed by atoms with Crippen molar-refractivity contribution in [2.75, 3.05) is 40.3 Å². The molecule has 2 N–H and O–H groups in total. The summed E-state index contributed by atoms with van der Waals surface area (Å²) in [5.74, 6) is 1.50. The molecule has 0 aliphatic rings. The van der Waals surface area contributed by atoms with E-state index in [0.717, 1.165) is 25.3 Å². The average molecular weight is 306 g/mol. The van der Waals surface area contributed by atoms with Crippen LogP contribution in [-0.2, 0) is 4.79 Å². The number of amides is 1. The number of benzene rings is 1. The molecule has 0 radical (unpaired) electrons. The van der Waals surface area contributed by atoms with E-state index in [1.54, 1.807) is 14.1 Å². The molecule has 1 rings (SSSR count). The van der Waals surface area contributed by atoms with E-state index >= 15 is 0 Å². The molecule has 0 unspecified atom stereocenters. The van der Waals surface area contributed by atoms with Gasteiger partial charge in [0.25, 0.3) is 0 Å². The number of likely N-dealkylation sites (N-methyl/N-ethyl adjacent to an activating group) is 1. The minimum Gasteiger partial charge on any atom is -0.494 e. The molecule has 0 bridgehead atoms. The number of carbonyl (C=O) groups is 1. The minimum absolute atomic E-state index is 0.0235. The molecular weight excluding hydrogens is 280 g/mol. The molecule has 1 aromatic carbocycles. The van der Waals surface area contributed by atoms with Gasteiger partial charge in [-0.1, -0.05) is 18.2 Å². The maximum absolute atomic E-state index is 11.5. The first-order valence-electron chi connectivity index (χ1n) is 7.53. The molecule has 22 heavy (non-hydrogen) atoms. The maximum Gasteiger partial charge on any atom is 0.243 e. The molecule has 0 saturated heterocycles. The number of aliphatic imine (C=N–C) groups is 1. The van der Waals surface area contributed by atoms with E-state index in [1.165, 1.54) is 4.90 Å². The third-order valence-electron chi connectivity index (χ3n) is 2.84. The van der Waals surface area contributed by atoms with Crippen LogP contribution in [0.4, 0.5) is 0 Å². The number of hydrogen-bond donors (Lipinski definition) is 2. The van der Waals surface area contributed by atoms with Crippen LogP contribution in [0.5, 0.6) is 5.75 Å². The minimum atomic E-state index is -0.0235. The van der Waals surface area contributed by atoms with E-state index in [9.17, 15) is 4.79 Å². The predicted octanol–water partition coefficient (Wildman–Crippen LogP) is 1.10. The lowest BCUT2D eigenvalue weighted by Gasteiger charge is -2.13. The molecule has 0 fully saturated rings. The molecule has 0 aliphatic heterocycles. The van der Waals surface area contributed by atoms with Gasteiger partial charge in [0.1, 0.15) is 12.3 Å². The van der Waals surface area contributed by atoms with Gasteiger partial charge in [-0.15, -0.1) is 0 Å². The smallest absolute Gasteiger partial charge is 0.243 e. The lowest BCUT2D eigenvalue weighted by molar-refractivity contribution is -0.127. The summed E-state index contributed by atoms with van der Waals surface area (Å²) in [6, 6.07) is 9.73. The molecule has 0 aromatic heterocycles. The second-order valence-electron chi connectivity index (χ2n) is 4.93. The second-order valence-corrected chi connectivity index (χ2v) is 4.93. The van der Waals surface area contributed by atoms with E-state index in [1.807, 2.05) is 37.3 Å². The lowest BCUT2D eigenvalue weighted by atomic mass is 10.3. The first-order chi connectivity index (χ1) is 10.6. The van der Waals surface area contributed by atoms with Crippen LogP contribution in [0.15, 0.2) is 35.3 Å². The Morgan fingerprint density at radius 1 is 1.23 bits per heavy atom. The monoisotopic (exact) mass is 306 g/mol. The quantitative estimate of drug-likeness (QED) is 0.429. The average Bonchev–Trinajstić information content (AvgIpc) is 2.52. The number of ether oxygens (including phenoxy) is 1. The van der Waals surface area contributed by atoms with Gasteiger partial charge in [0.2, 0.25) is 5.91 Å². The van der Waals surface area contributed by atoms with Crippen LogP contribution in [0.3, 0.4) is 0 Å². The maximum atomic E-state index is 11.5. The summed E-state index contributed by atoms with van der Waals surface area (Å²) in [7, 11) is 3.44. The van der Waals surface area contributed by atoms with Crippen molar-refractivity contribution >= 4 is 11.9 Å². The van der Waals surface area contributed by atoms with E-state index in [2.05, 4.69) is 15.6 Å². The SMILES string of the molecule is CCNC(=NCC(=O)N(C)C)NCCCOc1ccccc1. The van der Waals surface area contributed by atoms with Crippen LogP contribution in [0, 0.1) is 0 Å². The van der Waals surface area contributed by atoms with E-state index in [4.69, 9.17) is 4.74 Å². The Morgan fingerprint density at radius 2 is 1.95 bits per heavy atom. The van der Waals surface area contributed by atoms with Gasteiger partial charge < -0.3 is 20.3 Å². The van der Waals surface area contributed by atoms with Crippen molar-refractivity contribution in [3.63, 3.8) is 0 Å². The Bertz CT molecular complexity index is 460. The number of hydrogen-bond acceptors (Lipinski definition) is 3. The first-order valence-corrected chi connectivity index (χ1v) is 7.53. The van der Waals surface area contributed by atoms with Crippen molar-refractivity contribution in [3.8, 4) is 5.75 Å². The Balaban J connectivity index is 2.26. The molecular formula is C16H26N4O2. The van der Waals surface area contributed by atoms with Crippen LogP contribution >= 0.6 is 0 Å². The molecule has 6 nitrogen and oxygen atoms in total. The highest BCUT2D eigenvalue weighted by molar-refractivity contribution is 5.84. The molecule has 6 heteroatoms. The van der Waals surface area contributed by atoms with Crippen LogP contribution in [0.1, 0.15) is 13.3 Å². The molecule has 1 amide bonds. The summed E-state index contributed by atoms with van der Waals surface area (Å²) in [5, 5.41) is 6.30. The number of para-hydroxylation sites is 1. The van der Waals surface area contributed by atoms with Crippen LogP contribution in [0.25, 0.3) is 0 Å². The van der Waals surface area contributed by atoms with Crippen LogP contribution < -0.4 is 15.4 Å². The zero-order valence-corrected chi connectivity index (χ0v) is 13.6. The van der Waals surface area contributed by atoms with Gasteiger partial charge in [-0.3, -0.25) is 4.79 Å². The van der Waals surface area contributed by atoms with Crippen molar-refractivity contribution in [1.82, 2.24) is 15.5 Å². The highest BCUT2D eigenvalue weighted by Crippen LogP contribution is 2.07. The zero-order valence-electron chi connectivity index (χ0n) is 13.6. The summed E-state index contributed by atoms with van der Waals surface area (Å²) < 4.78 is 5.62. The van der Waals surface area contributed by atoms with Gasteiger partial charge >= 0.3 is 0 Å². The standard InChI is InChI=1S/C16H26N4O2/c1-4-17-16(19-13-15(21)20(2)3)18-11-8-12-22-14-9-6-5-7-10-14/h5-7,9-10H,4,8,11-13H2,1-3H3,(H2,17,18,19). The van der Waals surface area contributed by atoms with Crippen molar-refractivity contribution in [2.24, 2.45) is 4.99 Å². The number of guanidine groups is 1. The fourth-order valence-electron chi connectivity index (χ4n) is 1.62. The van der Waals surface area contributed by atoms with Crippen molar-refractivity contribution < 1.29 is 9.53 Å². The third kappa shape index (κ3) is 7.52. The van der Waals surface area contributed by atoms with Gasteiger partial charge in [0.05, 0.1) is 6.61 Å². The Hall–Kier alpha value is -2.24. The van der Waals surface area contributed by atoms with Gasteiger partial charge in [-0.25, -0.2) is 4.99 Å². The molecule has 122 valence electrons. The fourth-order valence-corrected chi connectivity index (χ4v) is 1.62.